The third kappa shape index (κ3) is 2.34. The molecule has 1 aliphatic carbocycles. The predicted molar refractivity (Wildman–Crippen MR) is 72.1 cm³/mol. The van der Waals surface area contributed by atoms with E-state index in [1.807, 2.05) is 18.2 Å². The van der Waals surface area contributed by atoms with E-state index in [9.17, 15) is 0 Å². The summed E-state index contributed by atoms with van der Waals surface area (Å²) in [4.78, 5) is 6.98. The molecule has 0 atom stereocenters. The van der Waals surface area contributed by atoms with Crippen molar-refractivity contribution in [2.75, 3.05) is 12.3 Å². The van der Waals surface area contributed by atoms with Crippen LogP contribution in [0.4, 0.5) is 5.69 Å². The summed E-state index contributed by atoms with van der Waals surface area (Å²) in [6.07, 6.45) is 3.80. The van der Waals surface area contributed by atoms with Gasteiger partial charge in [-0.25, -0.2) is 4.98 Å². The van der Waals surface area contributed by atoms with Crippen LogP contribution in [0.2, 0.25) is 0 Å². The van der Waals surface area contributed by atoms with Gasteiger partial charge in [0.25, 0.3) is 0 Å². The largest absolute Gasteiger partial charge is 0.439 e. The monoisotopic (exact) mass is 245 g/mol. The number of fused-ring (bicyclic) bond motifs is 1. The van der Waals surface area contributed by atoms with Crippen molar-refractivity contribution in [1.82, 2.24) is 9.88 Å². The van der Waals surface area contributed by atoms with E-state index in [4.69, 9.17) is 10.2 Å². The lowest BCUT2D eigenvalue weighted by molar-refractivity contribution is 0.232. The molecule has 18 heavy (non-hydrogen) atoms. The Morgan fingerprint density at radius 1 is 1.44 bits per heavy atom. The van der Waals surface area contributed by atoms with E-state index >= 15 is 0 Å². The predicted octanol–water partition coefficient (Wildman–Crippen LogP) is 2.78. The van der Waals surface area contributed by atoms with Gasteiger partial charge in [-0.2, -0.15) is 0 Å². The van der Waals surface area contributed by atoms with Crippen molar-refractivity contribution in [3.05, 3.63) is 24.1 Å². The van der Waals surface area contributed by atoms with Gasteiger partial charge in [-0.1, -0.05) is 6.92 Å². The highest BCUT2D eigenvalue weighted by Gasteiger charge is 2.29. The highest BCUT2D eigenvalue weighted by Crippen LogP contribution is 2.29. The lowest BCUT2D eigenvalue weighted by Crippen LogP contribution is -2.26. The number of hydrogen-bond acceptors (Lipinski definition) is 4. The Balaban J connectivity index is 1.80. The molecule has 1 heterocycles. The average molecular weight is 245 g/mol. The summed E-state index contributed by atoms with van der Waals surface area (Å²) in [5, 5.41) is 0. The maximum absolute atomic E-state index is 5.77. The van der Waals surface area contributed by atoms with Gasteiger partial charge in [0, 0.05) is 11.7 Å². The van der Waals surface area contributed by atoms with Gasteiger partial charge in [0.1, 0.15) is 5.52 Å². The number of aromatic nitrogens is 1. The van der Waals surface area contributed by atoms with Gasteiger partial charge >= 0.3 is 0 Å². The minimum Gasteiger partial charge on any atom is -0.439 e. The molecule has 0 bridgehead atoms. The van der Waals surface area contributed by atoms with E-state index in [0.29, 0.717) is 0 Å². The molecule has 0 unspecified atom stereocenters. The molecule has 1 aromatic carbocycles. The number of nitrogens with zero attached hydrogens (tertiary/aromatic N) is 2. The molecule has 1 aliphatic rings. The van der Waals surface area contributed by atoms with E-state index in [0.717, 1.165) is 41.8 Å². The Morgan fingerprint density at radius 2 is 2.28 bits per heavy atom. The molecule has 1 saturated carbocycles. The third-order valence-corrected chi connectivity index (χ3v) is 3.37. The summed E-state index contributed by atoms with van der Waals surface area (Å²) < 4.78 is 5.77. The van der Waals surface area contributed by atoms with Crippen molar-refractivity contribution in [2.45, 2.75) is 38.8 Å². The first-order valence-corrected chi connectivity index (χ1v) is 6.65. The van der Waals surface area contributed by atoms with Gasteiger partial charge in [-0.15, -0.1) is 0 Å². The number of nitrogens with two attached hydrogens (primary N) is 1. The molecule has 96 valence electrons. The number of anilines is 1. The summed E-state index contributed by atoms with van der Waals surface area (Å²) in [5.41, 5.74) is 8.16. The fourth-order valence-electron chi connectivity index (χ4n) is 2.35. The first kappa shape index (κ1) is 11.5. The molecule has 4 nitrogen and oxygen atoms in total. The van der Waals surface area contributed by atoms with Crippen molar-refractivity contribution in [3.63, 3.8) is 0 Å². The van der Waals surface area contributed by atoms with Crippen molar-refractivity contribution >= 4 is 16.8 Å². The third-order valence-electron chi connectivity index (χ3n) is 3.37. The van der Waals surface area contributed by atoms with Crippen LogP contribution in [-0.4, -0.2) is 22.5 Å². The van der Waals surface area contributed by atoms with E-state index in [2.05, 4.69) is 16.8 Å². The van der Waals surface area contributed by atoms with Gasteiger partial charge in [-0.3, -0.25) is 4.90 Å². The number of hydrogen-bond donors (Lipinski definition) is 1. The first-order valence-electron chi connectivity index (χ1n) is 6.65. The summed E-state index contributed by atoms with van der Waals surface area (Å²) in [6, 6.07) is 6.35. The van der Waals surface area contributed by atoms with Crippen molar-refractivity contribution in [1.29, 1.82) is 0 Å². The molecule has 1 fully saturated rings. The summed E-state index contributed by atoms with van der Waals surface area (Å²) in [5.74, 6) is 0.802. The lowest BCUT2D eigenvalue weighted by Gasteiger charge is -2.18. The zero-order chi connectivity index (χ0) is 12.5. The molecule has 4 heteroatoms. The first-order chi connectivity index (χ1) is 8.76. The summed E-state index contributed by atoms with van der Waals surface area (Å²) in [6.45, 7) is 4.14. The Morgan fingerprint density at radius 3 is 3.00 bits per heavy atom. The van der Waals surface area contributed by atoms with Crippen molar-refractivity contribution in [3.8, 4) is 0 Å². The Hall–Kier alpha value is -1.55. The molecular weight excluding hydrogens is 226 g/mol. The number of benzene rings is 1. The van der Waals surface area contributed by atoms with Crippen LogP contribution in [0.5, 0.6) is 0 Å². The van der Waals surface area contributed by atoms with Crippen LogP contribution in [0.25, 0.3) is 11.1 Å². The smallest absolute Gasteiger partial charge is 0.209 e. The minimum atomic E-state index is 0.731. The highest BCUT2D eigenvalue weighted by molar-refractivity contribution is 5.76. The summed E-state index contributed by atoms with van der Waals surface area (Å²) in [7, 11) is 0. The average Bonchev–Trinajstić information content (AvgIpc) is 3.10. The molecule has 0 radical (unpaired) electrons. The molecule has 0 amide bonds. The Labute approximate surface area is 107 Å². The van der Waals surface area contributed by atoms with Gasteiger partial charge in [0.15, 0.2) is 5.58 Å². The van der Waals surface area contributed by atoms with E-state index in [1.165, 1.54) is 19.3 Å². The topological polar surface area (TPSA) is 55.3 Å². The fraction of sp³-hybridized carbons (Fsp3) is 0.500. The summed E-state index contributed by atoms with van der Waals surface area (Å²) >= 11 is 0. The minimum absolute atomic E-state index is 0.731. The molecule has 3 rings (SSSR count). The molecule has 0 saturated heterocycles. The number of oxazole rings is 1. The second-order valence-corrected chi connectivity index (χ2v) is 5.04. The van der Waals surface area contributed by atoms with Crippen LogP contribution in [0.3, 0.4) is 0 Å². The van der Waals surface area contributed by atoms with E-state index in [1.54, 1.807) is 0 Å². The maximum atomic E-state index is 5.77. The molecule has 2 aromatic rings. The highest BCUT2D eigenvalue weighted by atomic mass is 16.3. The van der Waals surface area contributed by atoms with Crippen LogP contribution < -0.4 is 5.73 Å². The van der Waals surface area contributed by atoms with E-state index in [-0.39, 0.29) is 0 Å². The van der Waals surface area contributed by atoms with Crippen LogP contribution in [0.1, 0.15) is 32.1 Å². The van der Waals surface area contributed by atoms with Gasteiger partial charge in [0.05, 0.1) is 6.54 Å². The molecule has 1 aromatic heterocycles. The van der Waals surface area contributed by atoms with Gasteiger partial charge in [-0.05, 0) is 44.0 Å². The quantitative estimate of drug-likeness (QED) is 0.823. The molecule has 2 N–H and O–H groups in total. The Kier molecular flexibility index (Phi) is 2.96. The maximum Gasteiger partial charge on any atom is 0.209 e. The second-order valence-electron chi connectivity index (χ2n) is 5.04. The zero-order valence-electron chi connectivity index (χ0n) is 10.7. The van der Waals surface area contributed by atoms with Crippen molar-refractivity contribution in [2.24, 2.45) is 0 Å². The van der Waals surface area contributed by atoms with Gasteiger partial charge < -0.3 is 10.2 Å². The standard InChI is InChI=1S/C14H19N3O/c1-2-7-17(11-4-5-11)9-14-16-12-8-10(15)3-6-13(12)18-14/h3,6,8,11H,2,4-5,7,9,15H2,1H3. The normalized spacial score (nSPS) is 15.7. The molecule has 0 aliphatic heterocycles. The lowest BCUT2D eigenvalue weighted by atomic mass is 10.3. The fourth-order valence-corrected chi connectivity index (χ4v) is 2.35. The van der Waals surface area contributed by atoms with Crippen LogP contribution in [-0.2, 0) is 6.54 Å². The second kappa shape index (κ2) is 4.61. The number of nitrogen functional groups attached to an aromatic ring is 1. The van der Waals surface area contributed by atoms with Crippen molar-refractivity contribution < 1.29 is 4.42 Å². The molecular formula is C14H19N3O. The Bertz CT molecular complexity index is 545. The SMILES string of the molecule is CCCN(Cc1nc2cc(N)ccc2o1)C1CC1. The van der Waals surface area contributed by atoms with E-state index < -0.39 is 0 Å². The van der Waals surface area contributed by atoms with Crippen LogP contribution >= 0.6 is 0 Å². The van der Waals surface area contributed by atoms with Crippen LogP contribution in [0, 0.1) is 0 Å². The number of rotatable bonds is 5. The van der Waals surface area contributed by atoms with Crippen LogP contribution in [0.15, 0.2) is 22.6 Å². The van der Waals surface area contributed by atoms with Gasteiger partial charge in [0.2, 0.25) is 5.89 Å². The molecule has 0 spiro atoms. The zero-order valence-corrected chi connectivity index (χ0v) is 10.7.